The Kier molecular flexibility index (Phi) is 6.35. The van der Waals surface area contributed by atoms with Gasteiger partial charge in [-0.05, 0) is 19.3 Å². The third kappa shape index (κ3) is 3.89. The van der Waals surface area contributed by atoms with Crippen molar-refractivity contribution in [3.05, 3.63) is 0 Å². The van der Waals surface area contributed by atoms with Gasteiger partial charge in [-0.1, -0.05) is 25.6 Å². The highest BCUT2D eigenvalue weighted by Gasteiger charge is 2.45. The van der Waals surface area contributed by atoms with Crippen molar-refractivity contribution in [3.63, 3.8) is 0 Å². The molecule has 0 aliphatic carbocycles. The Labute approximate surface area is 124 Å². The topological polar surface area (TPSA) is 98.7 Å². The Morgan fingerprint density at radius 3 is 2.35 bits per heavy atom. The van der Waals surface area contributed by atoms with Crippen molar-refractivity contribution in [1.82, 2.24) is 4.90 Å². The first kappa shape index (κ1) is 16.8. The summed E-state index contributed by atoms with van der Waals surface area (Å²) >= 11 is 5.11. The zero-order valence-corrected chi connectivity index (χ0v) is 12.7. The fraction of sp³-hybridized carbons (Fsp3) is 0.769. The minimum atomic E-state index is -0.892. The van der Waals surface area contributed by atoms with Gasteiger partial charge in [0.05, 0.1) is 11.5 Å². The van der Waals surface area contributed by atoms with Crippen LogP contribution in [0, 0.1) is 5.41 Å². The quantitative estimate of drug-likeness (QED) is 0.654. The molecule has 1 saturated heterocycles. The van der Waals surface area contributed by atoms with E-state index in [1.807, 2.05) is 6.92 Å². The van der Waals surface area contributed by atoms with Gasteiger partial charge in [0.25, 0.3) is 0 Å². The van der Waals surface area contributed by atoms with E-state index < -0.39 is 11.3 Å². The number of ether oxygens (including phenoxy) is 1. The largest absolute Gasteiger partial charge is 0.392 e. The van der Waals surface area contributed by atoms with E-state index >= 15 is 0 Å². The third-order valence-electron chi connectivity index (χ3n) is 3.64. The first-order chi connectivity index (χ1) is 9.44. The van der Waals surface area contributed by atoms with Crippen LogP contribution in [0.5, 0.6) is 0 Å². The Balaban J connectivity index is 2.93. The monoisotopic (exact) mass is 301 g/mol. The number of carbonyl (C=O) groups excluding carboxylic acids is 2. The fourth-order valence-electron chi connectivity index (χ4n) is 2.38. The van der Waals surface area contributed by atoms with E-state index in [0.717, 1.165) is 12.8 Å². The van der Waals surface area contributed by atoms with Crippen molar-refractivity contribution >= 4 is 29.0 Å². The second kappa shape index (κ2) is 7.54. The Morgan fingerprint density at radius 2 is 1.90 bits per heavy atom. The molecule has 114 valence electrons. The van der Waals surface area contributed by atoms with Crippen LogP contribution in [0.4, 0.5) is 0 Å². The third-order valence-corrected chi connectivity index (χ3v) is 4.03. The summed E-state index contributed by atoms with van der Waals surface area (Å²) in [6.07, 6.45) is 2.65. The molecule has 0 bridgehead atoms. The summed E-state index contributed by atoms with van der Waals surface area (Å²) in [6.45, 7) is 3.31. The lowest BCUT2D eigenvalue weighted by atomic mass is 9.78. The summed E-state index contributed by atoms with van der Waals surface area (Å²) in [6, 6.07) is 0. The minimum Gasteiger partial charge on any atom is -0.392 e. The molecule has 0 aromatic rings. The lowest BCUT2D eigenvalue weighted by molar-refractivity contribution is -0.144. The molecule has 0 spiro atoms. The highest BCUT2D eigenvalue weighted by Crippen LogP contribution is 2.33. The van der Waals surface area contributed by atoms with Crippen LogP contribution in [0.1, 0.15) is 32.6 Å². The first-order valence-electron chi connectivity index (χ1n) is 6.89. The molecule has 0 unspecified atom stereocenters. The van der Waals surface area contributed by atoms with Crippen LogP contribution < -0.4 is 11.5 Å². The maximum Gasteiger partial charge on any atom is 0.237 e. The van der Waals surface area contributed by atoms with Gasteiger partial charge in [-0.15, -0.1) is 0 Å². The number of primary amides is 1. The Bertz CT molecular complexity index is 381. The van der Waals surface area contributed by atoms with Gasteiger partial charge in [-0.3, -0.25) is 9.59 Å². The summed E-state index contributed by atoms with van der Waals surface area (Å²) in [4.78, 5) is 25.6. The van der Waals surface area contributed by atoms with Crippen LogP contribution in [0.2, 0.25) is 0 Å². The standard InChI is InChI=1S/C13H23N3O3S/c1-2-3-6-16(9-10(14)17)12(18)13(11(15)20)4-7-19-8-5-13/h2-9H2,1H3,(H2,14,17)(H2,15,20). The fourth-order valence-corrected chi connectivity index (χ4v) is 2.67. The molecule has 6 nitrogen and oxygen atoms in total. The van der Waals surface area contributed by atoms with E-state index in [1.165, 1.54) is 4.90 Å². The summed E-state index contributed by atoms with van der Waals surface area (Å²) in [5.74, 6) is -0.722. The molecule has 0 aromatic heterocycles. The van der Waals surface area contributed by atoms with Crippen molar-refractivity contribution in [3.8, 4) is 0 Å². The highest BCUT2D eigenvalue weighted by molar-refractivity contribution is 7.80. The van der Waals surface area contributed by atoms with Crippen LogP contribution in [0.25, 0.3) is 0 Å². The number of hydrogen-bond acceptors (Lipinski definition) is 4. The van der Waals surface area contributed by atoms with Gasteiger partial charge in [-0.25, -0.2) is 0 Å². The molecule has 1 aliphatic heterocycles. The molecule has 1 rings (SSSR count). The van der Waals surface area contributed by atoms with Gasteiger partial charge in [0.2, 0.25) is 11.8 Å². The number of hydrogen-bond donors (Lipinski definition) is 2. The molecule has 0 radical (unpaired) electrons. The number of carbonyl (C=O) groups is 2. The predicted octanol–water partition coefficient (Wildman–Crippen LogP) is 0.183. The van der Waals surface area contributed by atoms with Crippen molar-refractivity contribution < 1.29 is 14.3 Å². The summed E-state index contributed by atoms with van der Waals surface area (Å²) < 4.78 is 5.29. The zero-order chi connectivity index (χ0) is 15.2. The summed E-state index contributed by atoms with van der Waals surface area (Å²) in [5.41, 5.74) is 10.2. The smallest absolute Gasteiger partial charge is 0.237 e. The average molecular weight is 301 g/mol. The number of thiocarbonyl (C=S) groups is 1. The van der Waals surface area contributed by atoms with E-state index in [9.17, 15) is 9.59 Å². The van der Waals surface area contributed by atoms with Crippen LogP contribution in [0.3, 0.4) is 0 Å². The van der Waals surface area contributed by atoms with Gasteiger partial charge in [-0.2, -0.15) is 0 Å². The second-order valence-corrected chi connectivity index (χ2v) is 5.55. The van der Waals surface area contributed by atoms with Crippen molar-refractivity contribution in [2.75, 3.05) is 26.3 Å². The highest BCUT2D eigenvalue weighted by atomic mass is 32.1. The normalized spacial score (nSPS) is 17.4. The van der Waals surface area contributed by atoms with Gasteiger partial charge in [0.15, 0.2) is 0 Å². The van der Waals surface area contributed by atoms with E-state index in [0.29, 0.717) is 32.6 Å². The Hall–Kier alpha value is -1.21. The Morgan fingerprint density at radius 1 is 1.30 bits per heavy atom. The molecular formula is C13H23N3O3S. The zero-order valence-electron chi connectivity index (χ0n) is 11.9. The van der Waals surface area contributed by atoms with Crippen LogP contribution in [-0.4, -0.2) is 48.0 Å². The molecule has 1 aliphatic rings. The van der Waals surface area contributed by atoms with Crippen LogP contribution in [0.15, 0.2) is 0 Å². The number of nitrogens with two attached hydrogens (primary N) is 2. The van der Waals surface area contributed by atoms with Crippen molar-refractivity contribution in [2.45, 2.75) is 32.6 Å². The SMILES string of the molecule is CCCCN(CC(N)=O)C(=O)C1(C(N)=S)CCOCC1. The van der Waals surface area contributed by atoms with Gasteiger partial charge in [0, 0.05) is 19.8 Å². The van der Waals surface area contributed by atoms with Crippen molar-refractivity contribution in [2.24, 2.45) is 16.9 Å². The lowest BCUT2D eigenvalue weighted by Crippen LogP contribution is -2.54. The number of nitrogens with zero attached hydrogens (tertiary/aromatic N) is 1. The van der Waals surface area contributed by atoms with Gasteiger partial charge < -0.3 is 21.1 Å². The van der Waals surface area contributed by atoms with E-state index in [2.05, 4.69) is 0 Å². The van der Waals surface area contributed by atoms with Gasteiger partial charge in [0.1, 0.15) is 5.41 Å². The summed E-state index contributed by atoms with van der Waals surface area (Å²) in [7, 11) is 0. The number of unbranched alkanes of at least 4 members (excludes halogenated alkanes) is 1. The molecule has 0 saturated carbocycles. The van der Waals surface area contributed by atoms with Crippen molar-refractivity contribution in [1.29, 1.82) is 0 Å². The maximum atomic E-state index is 12.8. The molecule has 4 N–H and O–H groups in total. The van der Waals surface area contributed by atoms with Gasteiger partial charge >= 0.3 is 0 Å². The molecule has 20 heavy (non-hydrogen) atoms. The average Bonchev–Trinajstić information content (AvgIpc) is 2.42. The molecule has 1 heterocycles. The van der Waals surface area contributed by atoms with E-state index in [1.54, 1.807) is 0 Å². The predicted molar refractivity (Wildman–Crippen MR) is 80.0 cm³/mol. The maximum absolute atomic E-state index is 12.8. The minimum absolute atomic E-state index is 0.0932. The molecule has 7 heteroatoms. The molecule has 2 amide bonds. The first-order valence-corrected chi connectivity index (χ1v) is 7.30. The number of amides is 2. The van der Waals surface area contributed by atoms with E-state index in [4.69, 9.17) is 28.4 Å². The van der Waals surface area contributed by atoms with Crippen LogP contribution in [-0.2, 0) is 14.3 Å². The molecule has 0 aromatic carbocycles. The molecule has 0 atom stereocenters. The van der Waals surface area contributed by atoms with E-state index in [-0.39, 0.29) is 17.4 Å². The lowest BCUT2D eigenvalue weighted by Gasteiger charge is -2.38. The molecule has 1 fully saturated rings. The second-order valence-electron chi connectivity index (χ2n) is 5.11. The number of rotatable bonds is 7. The molecular weight excluding hydrogens is 278 g/mol. The van der Waals surface area contributed by atoms with Crippen LogP contribution >= 0.6 is 12.2 Å². The summed E-state index contributed by atoms with van der Waals surface area (Å²) in [5, 5.41) is 0.